The molecule has 2 aromatic carbocycles. The third-order valence-electron chi connectivity index (χ3n) is 4.04. The zero-order valence-corrected chi connectivity index (χ0v) is 12.9. The van der Waals surface area contributed by atoms with E-state index in [1.54, 1.807) is 36.4 Å². The monoisotopic (exact) mass is 313 g/mol. The summed E-state index contributed by atoms with van der Waals surface area (Å²) < 4.78 is 13.4. The number of nitrogens with one attached hydrogen (secondary N) is 1. The predicted molar refractivity (Wildman–Crippen MR) is 91.0 cm³/mol. The summed E-state index contributed by atoms with van der Waals surface area (Å²) in [5, 5.41) is 2.87. The number of nitrogens with two attached hydrogens (primary N) is 1. The number of halogens is 1. The minimum absolute atomic E-state index is 0.0908. The Morgan fingerprint density at radius 2 is 1.96 bits per heavy atom. The number of hydrogen-bond acceptors (Lipinski definition) is 3. The van der Waals surface area contributed by atoms with Crippen molar-refractivity contribution in [3.05, 3.63) is 53.8 Å². The SMILES string of the molecule is Nc1ccc(NC(=O)CN2CCCCc3cc(F)ccc32)cc1. The molecule has 1 amide bonds. The molecule has 0 fully saturated rings. The number of fused-ring (bicyclic) bond motifs is 1. The van der Waals surface area contributed by atoms with Gasteiger partial charge in [-0.3, -0.25) is 4.79 Å². The van der Waals surface area contributed by atoms with E-state index in [1.165, 1.54) is 6.07 Å². The van der Waals surface area contributed by atoms with Crippen LogP contribution in [0.1, 0.15) is 18.4 Å². The van der Waals surface area contributed by atoms with Crippen molar-refractivity contribution in [3.8, 4) is 0 Å². The van der Waals surface area contributed by atoms with E-state index in [4.69, 9.17) is 5.73 Å². The van der Waals surface area contributed by atoms with Gasteiger partial charge in [0.15, 0.2) is 0 Å². The molecule has 0 saturated carbocycles. The highest BCUT2D eigenvalue weighted by Gasteiger charge is 2.18. The highest BCUT2D eigenvalue weighted by Crippen LogP contribution is 2.27. The molecule has 3 N–H and O–H groups in total. The molecule has 0 unspecified atom stereocenters. The number of nitrogen functional groups attached to an aromatic ring is 1. The van der Waals surface area contributed by atoms with Crippen molar-refractivity contribution >= 4 is 23.0 Å². The molecule has 0 radical (unpaired) electrons. The molecule has 2 aromatic rings. The van der Waals surface area contributed by atoms with Crippen molar-refractivity contribution in [1.82, 2.24) is 0 Å². The Hall–Kier alpha value is -2.56. The lowest BCUT2D eigenvalue weighted by Crippen LogP contribution is -2.34. The number of benzene rings is 2. The summed E-state index contributed by atoms with van der Waals surface area (Å²) in [4.78, 5) is 14.3. The van der Waals surface area contributed by atoms with Crippen LogP contribution in [0.4, 0.5) is 21.5 Å². The number of amides is 1. The first kappa shape index (κ1) is 15.3. The number of anilines is 3. The summed E-state index contributed by atoms with van der Waals surface area (Å²) >= 11 is 0. The zero-order chi connectivity index (χ0) is 16.2. The maximum atomic E-state index is 13.4. The second-order valence-corrected chi connectivity index (χ2v) is 5.82. The average molecular weight is 313 g/mol. The molecule has 0 saturated heterocycles. The van der Waals surface area contributed by atoms with E-state index in [9.17, 15) is 9.18 Å². The summed E-state index contributed by atoms with van der Waals surface area (Å²) in [5.41, 5.74) is 8.95. The first-order valence-corrected chi connectivity index (χ1v) is 7.80. The molecule has 0 aliphatic carbocycles. The molecule has 23 heavy (non-hydrogen) atoms. The van der Waals surface area contributed by atoms with E-state index in [1.807, 2.05) is 4.90 Å². The molecule has 0 spiro atoms. The first-order valence-electron chi connectivity index (χ1n) is 7.80. The van der Waals surface area contributed by atoms with Gasteiger partial charge in [0.1, 0.15) is 5.82 Å². The summed E-state index contributed by atoms with van der Waals surface area (Å²) in [6.45, 7) is 1.05. The van der Waals surface area contributed by atoms with Crippen LogP contribution in [-0.4, -0.2) is 19.0 Å². The molecule has 1 heterocycles. The highest BCUT2D eigenvalue weighted by atomic mass is 19.1. The quantitative estimate of drug-likeness (QED) is 0.856. The molecule has 0 aromatic heterocycles. The van der Waals surface area contributed by atoms with Gasteiger partial charge in [-0.2, -0.15) is 0 Å². The van der Waals surface area contributed by atoms with Crippen LogP contribution in [0.3, 0.4) is 0 Å². The van der Waals surface area contributed by atoms with Gasteiger partial charge in [-0.25, -0.2) is 4.39 Å². The fraction of sp³-hybridized carbons (Fsp3) is 0.278. The van der Waals surface area contributed by atoms with Crippen molar-refractivity contribution in [3.63, 3.8) is 0 Å². The Morgan fingerprint density at radius 3 is 2.74 bits per heavy atom. The summed E-state index contributed by atoms with van der Waals surface area (Å²) in [6.07, 6.45) is 2.85. The van der Waals surface area contributed by atoms with Crippen molar-refractivity contribution < 1.29 is 9.18 Å². The van der Waals surface area contributed by atoms with Gasteiger partial charge >= 0.3 is 0 Å². The Balaban J connectivity index is 1.72. The van der Waals surface area contributed by atoms with E-state index in [0.717, 1.165) is 42.7 Å². The van der Waals surface area contributed by atoms with Crippen molar-refractivity contribution in [2.24, 2.45) is 0 Å². The lowest BCUT2D eigenvalue weighted by Gasteiger charge is -2.24. The standard InChI is InChI=1S/C18H20FN3O/c19-14-4-9-17-13(11-14)3-1-2-10-22(17)12-18(23)21-16-7-5-15(20)6-8-16/h4-9,11H,1-3,10,12,20H2,(H,21,23). The number of carbonyl (C=O) groups excluding carboxylic acids is 1. The van der Waals surface area contributed by atoms with E-state index >= 15 is 0 Å². The van der Waals surface area contributed by atoms with Crippen LogP contribution in [-0.2, 0) is 11.2 Å². The van der Waals surface area contributed by atoms with Crippen LogP contribution in [0.5, 0.6) is 0 Å². The third-order valence-corrected chi connectivity index (χ3v) is 4.04. The van der Waals surface area contributed by atoms with Gasteiger partial charge < -0.3 is 16.0 Å². The lowest BCUT2D eigenvalue weighted by molar-refractivity contribution is -0.115. The molecular formula is C18H20FN3O. The van der Waals surface area contributed by atoms with Crippen LogP contribution in [0.15, 0.2) is 42.5 Å². The van der Waals surface area contributed by atoms with Crippen LogP contribution in [0, 0.1) is 5.82 Å². The van der Waals surface area contributed by atoms with Gasteiger partial charge in [-0.05, 0) is 67.3 Å². The Labute approximate surface area is 135 Å². The topological polar surface area (TPSA) is 58.4 Å². The van der Waals surface area contributed by atoms with Crippen LogP contribution >= 0.6 is 0 Å². The van der Waals surface area contributed by atoms with Gasteiger partial charge in [0, 0.05) is 23.6 Å². The van der Waals surface area contributed by atoms with Gasteiger partial charge in [-0.1, -0.05) is 0 Å². The van der Waals surface area contributed by atoms with Crippen molar-refractivity contribution in [2.75, 3.05) is 29.0 Å². The second kappa shape index (κ2) is 6.69. The molecular weight excluding hydrogens is 293 g/mol. The van der Waals surface area contributed by atoms with E-state index < -0.39 is 0 Å². The Morgan fingerprint density at radius 1 is 1.17 bits per heavy atom. The molecule has 5 heteroatoms. The van der Waals surface area contributed by atoms with Crippen LogP contribution in [0.2, 0.25) is 0 Å². The van der Waals surface area contributed by atoms with Gasteiger partial charge in [0.25, 0.3) is 0 Å². The molecule has 4 nitrogen and oxygen atoms in total. The molecule has 1 aliphatic rings. The van der Waals surface area contributed by atoms with Crippen LogP contribution in [0.25, 0.3) is 0 Å². The Kier molecular flexibility index (Phi) is 4.46. The minimum atomic E-state index is -0.225. The summed E-state index contributed by atoms with van der Waals surface area (Å²) in [7, 11) is 0. The predicted octanol–water partition coefficient (Wildman–Crippen LogP) is 3.19. The third kappa shape index (κ3) is 3.80. The molecule has 1 aliphatic heterocycles. The smallest absolute Gasteiger partial charge is 0.243 e. The summed E-state index contributed by atoms with van der Waals surface area (Å²) in [5.74, 6) is -0.316. The number of rotatable bonds is 3. The molecule has 120 valence electrons. The maximum absolute atomic E-state index is 13.4. The number of carbonyl (C=O) groups is 1. The fourth-order valence-corrected chi connectivity index (χ4v) is 2.91. The lowest BCUT2D eigenvalue weighted by atomic mass is 10.1. The van der Waals surface area contributed by atoms with Gasteiger partial charge in [0.2, 0.25) is 5.91 Å². The van der Waals surface area contributed by atoms with Crippen molar-refractivity contribution in [1.29, 1.82) is 0 Å². The molecule has 3 rings (SSSR count). The van der Waals surface area contributed by atoms with E-state index in [2.05, 4.69) is 5.32 Å². The largest absolute Gasteiger partial charge is 0.399 e. The zero-order valence-electron chi connectivity index (χ0n) is 12.9. The normalized spacial score (nSPS) is 14.0. The summed E-state index contributed by atoms with van der Waals surface area (Å²) in [6, 6.07) is 11.9. The minimum Gasteiger partial charge on any atom is -0.399 e. The number of hydrogen-bond donors (Lipinski definition) is 2. The van der Waals surface area contributed by atoms with Crippen LogP contribution < -0.4 is 16.0 Å². The van der Waals surface area contributed by atoms with Crippen molar-refractivity contribution in [2.45, 2.75) is 19.3 Å². The maximum Gasteiger partial charge on any atom is 0.243 e. The van der Waals surface area contributed by atoms with E-state index in [-0.39, 0.29) is 18.3 Å². The number of aryl methyl sites for hydroxylation is 1. The first-order chi connectivity index (χ1) is 11.1. The fourth-order valence-electron chi connectivity index (χ4n) is 2.91. The Bertz CT molecular complexity index is 700. The molecule has 0 atom stereocenters. The van der Waals surface area contributed by atoms with Gasteiger partial charge in [-0.15, -0.1) is 0 Å². The van der Waals surface area contributed by atoms with Gasteiger partial charge in [0.05, 0.1) is 6.54 Å². The average Bonchev–Trinajstić information content (AvgIpc) is 2.71. The molecule has 0 bridgehead atoms. The van der Waals surface area contributed by atoms with E-state index in [0.29, 0.717) is 5.69 Å². The number of nitrogens with zero attached hydrogens (tertiary/aromatic N) is 1. The second-order valence-electron chi connectivity index (χ2n) is 5.82. The highest BCUT2D eigenvalue weighted by molar-refractivity contribution is 5.94.